The first-order chi connectivity index (χ1) is 10.7. The third-order valence-corrected chi connectivity index (χ3v) is 4.53. The summed E-state index contributed by atoms with van der Waals surface area (Å²) in [6.45, 7) is 0. The number of carbonyl (C=O) groups excluding carboxylic acids is 1. The topological polar surface area (TPSA) is 47.9 Å². The van der Waals surface area contributed by atoms with E-state index in [0.717, 1.165) is 33.4 Å². The Kier molecular flexibility index (Phi) is 4.42. The van der Waals surface area contributed by atoms with Gasteiger partial charge in [0.05, 0.1) is 18.4 Å². The number of halogens is 1. The fourth-order valence-corrected chi connectivity index (χ4v) is 3.05. The molecule has 0 aromatic heterocycles. The minimum atomic E-state index is -0.431. The van der Waals surface area contributed by atoms with Crippen LogP contribution in [0.2, 0.25) is 0 Å². The van der Waals surface area contributed by atoms with Crippen molar-refractivity contribution < 1.29 is 14.4 Å². The molecule has 0 aliphatic heterocycles. The maximum atomic E-state index is 12.1. The summed E-state index contributed by atoms with van der Waals surface area (Å²) >= 11 is 2.11. The smallest absolute Gasteiger partial charge is 0.366 e. The lowest BCUT2D eigenvalue weighted by atomic mass is 10.1. The van der Waals surface area contributed by atoms with Crippen molar-refractivity contribution in [1.82, 2.24) is 0 Å². The average Bonchev–Trinajstić information content (AvgIpc) is 2.95. The van der Waals surface area contributed by atoms with Crippen LogP contribution in [-0.2, 0) is 11.3 Å². The Morgan fingerprint density at radius 1 is 1.18 bits per heavy atom. The summed E-state index contributed by atoms with van der Waals surface area (Å²) in [6.07, 6.45) is 1.65. The van der Waals surface area contributed by atoms with Gasteiger partial charge >= 0.3 is 5.97 Å². The van der Waals surface area contributed by atoms with Crippen LogP contribution >= 0.6 is 22.6 Å². The highest BCUT2D eigenvalue weighted by Gasteiger charge is 2.20. The number of ether oxygens (including phenoxy) is 1. The zero-order valence-electron chi connectivity index (χ0n) is 12.0. The lowest BCUT2D eigenvalue weighted by Crippen LogP contribution is -2.05. The Hall–Kier alpha value is -1.89. The summed E-state index contributed by atoms with van der Waals surface area (Å²) in [5.74, 6) is 0.398. The fourth-order valence-electron chi connectivity index (χ4n) is 2.44. The molecule has 5 heteroatoms. The van der Waals surface area contributed by atoms with Gasteiger partial charge in [-0.05, 0) is 71.3 Å². The van der Waals surface area contributed by atoms with Gasteiger partial charge in [0.25, 0.3) is 0 Å². The van der Waals surface area contributed by atoms with Gasteiger partial charge in [0.1, 0.15) is 5.75 Å². The van der Waals surface area contributed by atoms with Crippen molar-refractivity contribution in [2.45, 2.75) is 12.8 Å². The highest BCUT2D eigenvalue weighted by molar-refractivity contribution is 14.1. The lowest BCUT2D eigenvalue weighted by molar-refractivity contribution is 0.0514. The van der Waals surface area contributed by atoms with Crippen LogP contribution in [0.5, 0.6) is 5.75 Å². The molecule has 0 N–H and O–H groups in total. The minimum Gasteiger partial charge on any atom is -0.497 e. The molecule has 0 bridgehead atoms. The van der Waals surface area contributed by atoms with Gasteiger partial charge < -0.3 is 9.57 Å². The number of hydrogen-bond donors (Lipinski definition) is 0. The fraction of sp³-hybridized carbons (Fsp3) is 0.176. The quantitative estimate of drug-likeness (QED) is 0.442. The first-order valence-corrected chi connectivity index (χ1v) is 7.97. The van der Waals surface area contributed by atoms with Gasteiger partial charge in [-0.15, -0.1) is 0 Å². The van der Waals surface area contributed by atoms with E-state index in [2.05, 4.69) is 27.7 Å². The van der Waals surface area contributed by atoms with Crippen LogP contribution in [0, 0.1) is 3.57 Å². The molecule has 1 aliphatic carbocycles. The highest BCUT2D eigenvalue weighted by atomic mass is 127. The van der Waals surface area contributed by atoms with Gasteiger partial charge in [-0.1, -0.05) is 17.3 Å². The molecule has 2 aromatic rings. The van der Waals surface area contributed by atoms with E-state index < -0.39 is 5.97 Å². The van der Waals surface area contributed by atoms with Gasteiger partial charge in [0, 0.05) is 9.13 Å². The van der Waals surface area contributed by atoms with Crippen LogP contribution in [0.1, 0.15) is 27.9 Å². The number of methoxy groups -OCH3 is 1. The van der Waals surface area contributed by atoms with Crippen molar-refractivity contribution in [3.05, 3.63) is 62.7 Å². The Morgan fingerprint density at radius 3 is 2.77 bits per heavy atom. The number of oxime groups is 1. The number of hydrogen-bond acceptors (Lipinski definition) is 4. The van der Waals surface area contributed by atoms with Crippen LogP contribution in [0.3, 0.4) is 0 Å². The van der Waals surface area contributed by atoms with Crippen LogP contribution in [-0.4, -0.2) is 18.8 Å². The number of aryl methyl sites for hydroxylation is 1. The van der Waals surface area contributed by atoms with Crippen molar-refractivity contribution in [3.63, 3.8) is 0 Å². The molecular weight excluding hydrogens is 393 g/mol. The van der Waals surface area contributed by atoms with Crippen LogP contribution in [0.15, 0.2) is 47.6 Å². The largest absolute Gasteiger partial charge is 0.497 e. The van der Waals surface area contributed by atoms with Crippen molar-refractivity contribution >= 4 is 34.3 Å². The summed E-state index contributed by atoms with van der Waals surface area (Å²) < 4.78 is 6.07. The van der Waals surface area contributed by atoms with E-state index in [0.29, 0.717) is 5.56 Å². The molecule has 4 nitrogen and oxygen atoms in total. The van der Waals surface area contributed by atoms with Gasteiger partial charge in [-0.25, -0.2) is 4.79 Å². The van der Waals surface area contributed by atoms with Crippen molar-refractivity contribution in [1.29, 1.82) is 0 Å². The Balaban J connectivity index is 1.79. The van der Waals surface area contributed by atoms with E-state index in [9.17, 15) is 4.79 Å². The summed E-state index contributed by atoms with van der Waals surface area (Å²) in [6, 6.07) is 13.1. The highest BCUT2D eigenvalue weighted by Crippen LogP contribution is 2.27. The molecule has 0 heterocycles. The van der Waals surface area contributed by atoms with E-state index in [1.54, 1.807) is 13.2 Å². The predicted molar refractivity (Wildman–Crippen MR) is 92.4 cm³/mol. The molecule has 22 heavy (non-hydrogen) atoms. The van der Waals surface area contributed by atoms with Crippen LogP contribution in [0.4, 0.5) is 0 Å². The normalized spacial score (nSPS) is 14.7. The third kappa shape index (κ3) is 2.99. The summed E-state index contributed by atoms with van der Waals surface area (Å²) in [5, 5.41) is 4.06. The minimum absolute atomic E-state index is 0.431. The van der Waals surface area contributed by atoms with Gasteiger partial charge in [-0.3, -0.25) is 0 Å². The summed E-state index contributed by atoms with van der Waals surface area (Å²) in [7, 11) is 1.65. The van der Waals surface area contributed by atoms with Crippen molar-refractivity contribution in [3.8, 4) is 5.75 Å². The molecule has 0 unspecified atom stereocenters. The molecule has 0 atom stereocenters. The van der Waals surface area contributed by atoms with Crippen molar-refractivity contribution in [2.24, 2.45) is 5.16 Å². The average molecular weight is 407 g/mol. The zero-order chi connectivity index (χ0) is 15.5. The molecule has 0 saturated carbocycles. The zero-order valence-corrected chi connectivity index (χ0v) is 14.2. The van der Waals surface area contributed by atoms with E-state index in [1.165, 1.54) is 5.56 Å². The Labute approximate surface area is 142 Å². The first kappa shape index (κ1) is 15.0. The third-order valence-electron chi connectivity index (χ3n) is 3.59. The molecule has 3 rings (SSSR count). The predicted octanol–water partition coefficient (Wildman–Crippen LogP) is 3.81. The molecule has 0 spiro atoms. The molecule has 0 amide bonds. The second-order valence-corrected chi connectivity index (χ2v) is 6.08. The second-order valence-electron chi connectivity index (χ2n) is 4.92. The van der Waals surface area contributed by atoms with Crippen LogP contribution in [0.25, 0.3) is 0 Å². The maximum absolute atomic E-state index is 12.1. The lowest BCUT2D eigenvalue weighted by Gasteiger charge is -2.04. The number of benzene rings is 2. The van der Waals surface area contributed by atoms with Gasteiger partial charge in [0.2, 0.25) is 0 Å². The molecule has 0 saturated heterocycles. The standard InChI is InChI=1S/C17H14INO3/c1-21-12-7-8-13-11(10-12)6-9-16(13)19-22-17(20)14-4-2-3-5-15(14)18/h2-5,7-8,10H,6,9H2,1H3/b19-16-. The Bertz CT molecular complexity index is 755. The molecular formula is C17H14INO3. The molecule has 1 aliphatic rings. The maximum Gasteiger partial charge on any atom is 0.366 e. The Morgan fingerprint density at radius 2 is 2.00 bits per heavy atom. The van der Waals surface area contributed by atoms with Gasteiger partial charge in [0.15, 0.2) is 0 Å². The first-order valence-electron chi connectivity index (χ1n) is 6.89. The van der Waals surface area contributed by atoms with Crippen LogP contribution < -0.4 is 4.74 Å². The number of nitrogens with zero attached hydrogens (tertiary/aromatic N) is 1. The molecule has 2 aromatic carbocycles. The SMILES string of the molecule is COc1ccc2c(c1)CC/C2=N/OC(=O)c1ccccc1I. The van der Waals surface area contributed by atoms with Gasteiger partial charge in [-0.2, -0.15) is 0 Å². The van der Waals surface area contributed by atoms with E-state index >= 15 is 0 Å². The van der Waals surface area contributed by atoms with Crippen molar-refractivity contribution in [2.75, 3.05) is 7.11 Å². The van der Waals surface area contributed by atoms with E-state index in [1.807, 2.05) is 36.4 Å². The van der Waals surface area contributed by atoms with E-state index in [-0.39, 0.29) is 0 Å². The molecule has 112 valence electrons. The number of rotatable bonds is 3. The number of fused-ring (bicyclic) bond motifs is 1. The molecule has 0 radical (unpaired) electrons. The summed E-state index contributed by atoms with van der Waals surface area (Å²) in [5.41, 5.74) is 3.53. The molecule has 0 fully saturated rings. The second kappa shape index (κ2) is 6.48. The monoisotopic (exact) mass is 407 g/mol. The summed E-state index contributed by atoms with van der Waals surface area (Å²) in [4.78, 5) is 17.2. The number of carbonyl (C=O) groups is 1. The van der Waals surface area contributed by atoms with E-state index in [4.69, 9.17) is 9.57 Å².